The Morgan fingerprint density at radius 1 is 0.900 bits per heavy atom. The predicted molar refractivity (Wildman–Crippen MR) is 111 cm³/mol. The third kappa shape index (κ3) is 2.52. The van der Waals surface area contributed by atoms with Crippen LogP contribution in [0, 0.1) is 0 Å². The van der Waals surface area contributed by atoms with Crippen molar-refractivity contribution in [2.75, 3.05) is 14.2 Å². The van der Waals surface area contributed by atoms with E-state index < -0.39 is 23.6 Å². The lowest BCUT2D eigenvalue weighted by atomic mass is 9.73. The van der Waals surface area contributed by atoms with E-state index in [0.29, 0.717) is 6.42 Å². The van der Waals surface area contributed by atoms with Gasteiger partial charge in [0, 0.05) is 6.42 Å². The van der Waals surface area contributed by atoms with Gasteiger partial charge in [-0.1, -0.05) is 54.6 Å². The summed E-state index contributed by atoms with van der Waals surface area (Å²) in [7, 11) is 2.62. The number of rotatable bonds is 4. The van der Waals surface area contributed by atoms with Crippen molar-refractivity contribution in [2.45, 2.75) is 18.1 Å². The van der Waals surface area contributed by atoms with Gasteiger partial charge in [-0.25, -0.2) is 9.59 Å². The second kappa shape index (κ2) is 6.82. The van der Waals surface area contributed by atoms with Crippen LogP contribution < -0.4 is 0 Å². The predicted octanol–water partition coefficient (Wildman–Crippen LogP) is 4.01. The highest BCUT2D eigenvalue weighted by Gasteiger charge is 2.60. The molecule has 5 nitrogen and oxygen atoms in total. The van der Waals surface area contributed by atoms with E-state index in [-0.39, 0.29) is 11.1 Å². The zero-order valence-corrected chi connectivity index (χ0v) is 16.7. The maximum Gasteiger partial charge on any atom is 0.337 e. The van der Waals surface area contributed by atoms with E-state index in [0.717, 1.165) is 27.5 Å². The van der Waals surface area contributed by atoms with Crippen LogP contribution in [0.15, 0.2) is 77.9 Å². The van der Waals surface area contributed by atoms with Crippen LogP contribution in [0.1, 0.15) is 22.8 Å². The highest BCUT2D eigenvalue weighted by Crippen LogP contribution is 2.60. The smallest absolute Gasteiger partial charge is 0.337 e. The first-order valence-electron chi connectivity index (χ1n) is 9.75. The summed E-state index contributed by atoms with van der Waals surface area (Å²) in [5.41, 5.74) is 2.12. The molecule has 150 valence electrons. The van der Waals surface area contributed by atoms with E-state index >= 15 is 0 Å². The normalized spacial score (nSPS) is 21.6. The van der Waals surface area contributed by atoms with E-state index in [2.05, 4.69) is 6.07 Å². The maximum atomic E-state index is 12.9. The van der Waals surface area contributed by atoms with Crippen molar-refractivity contribution in [3.63, 3.8) is 0 Å². The molecule has 0 aliphatic carbocycles. The monoisotopic (exact) mass is 400 g/mol. The van der Waals surface area contributed by atoms with Crippen molar-refractivity contribution < 1.29 is 23.8 Å². The molecule has 0 spiro atoms. The number of benzene rings is 3. The van der Waals surface area contributed by atoms with Crippen LogP contribution in [0.25, 0.3) is 10.8 Å². The van der Waals surface area contributed by atoms with Crippen molar-refractivity contribution in [2.24, 2.45) is 0 Å². The largest absolute Gasteiger partial charge is 0.466 e. The minimum absolute atomic E-state index is 0.225. The molecule has 0 saturated carbocycles. The second-order valence-corrected chi connectivity index (χ2v) is 7.55. The molecule has 0 amide bonds. The zero-order valence-electron chi connectivity index (χ0n) is 16.7. The van der Waals surface area contributed by atoms with Crippen LogP contribution >= 0.6 is 0 Å². The van der Waals surface area contributed by atoms with Gasteiger partial charge in [0.25, 0.3) is 0 Å². The summed E-state index contributed by atoms with van der Waals surface area (Å²) in [5, 5.41) is 2.09. The number of hydrogen-bond acceptors (Lipinski definition) is 5. The van der Waals surface area contributed by atoms with Crippen LogP contribution in [-0.4, -0.2) is 26.2 Å². The van der Waals surface area contributed by atoms with Crippen molar-refractivity contribution in [3.8, 4) is 0 Å². The van der Waals surface area contributed by atoms with Gasteiger partial charge in [-0.05, 0) is 39.6 Å². The molecule has 2 heterocycles. The number of hydrogen-bond donors (Lipinski definition) is 0. The molecule has 2 bridgehead atoms. The third-order valence-corrected chi connectivity index (χ3v) is 5.98. The van der Waals surface area contributed by atoms with E-state index in [1.807, 2.05) is 60.7 Å². The SMILES string of the molecule is COC(=O)C1=C(C(=O)OC)C2(Cc3ccccc3)OC1c1cc3ccccc3cc12. The molecule has 0 radical (unpaired) electrons. The molecule has 0 fully saturated rings. The Hall–Kier alpha value is -3.44. The number of methoxy groups -OCH3 is 2. The van der Waals surface area contributed by atoms with Gasteiger partial charge in [-0.15, -0.1) is 0 Å². The van der Waals surface area contributed by atoms with Crippen LogP contribution in [0.3, 0.4) is 0 Å². The van der Waals surface area contributed by atoms with Crippen LogP contribution in [-0.2, 0) is 35.8 Å². The van der Waals surface area contributed by atoms with Crippen molar-refractivity contribution in [1.29, 1.82) is 0 Å². The summed E-state index contributed by atoms with van der Waals surface area (Å²) in [5.74, 6) is -1.15. The van der Waals surface area contributed by atoms with Crippen molar-refractivity contribution in [3.05, 3.63) is 94.6 Å². The van der Waals surface area contributed by atoms with Gasteiger partial charge >= 0.3 is 11.9 Å². The molecule has 2 aliphatic rings. The molecule has 5 rings (SSSR count). The first kappa shape index (κ1) is 18.6. The van der Waals surface area contributed by atoms with Crippen LogP contribution in [0.2, 0.25) is 0 Å². The van der Waals surface area contributed by atoms with E-state index in [1.54, 1.807) is 0 Å². The minimum atomic E-state index is -1.11. The molecule has 0 N–H and O–H groups in total. The average Bonchev–Trinajstić information content (AvgIpc) is 3.28. The first-order chi connectivity index (χ1) is 14.6. The summed E-state index contributed by atoms with van der Waals surface area (Å²) < 4.78 is 16.6. The lowest BCUT2D eigenvalue weighted by Crippen LogP contribution is -2.34. The van der Waals surface area contributed by atoms with E-state index in [4.69, 9.17) is 14.2 Å². The lowest BCUT2D eigenvalue weighted by molar-refractivity contribution is -0.140. The van der Waals surface area contributed by atoms with Crippen LogP contribution in [0.4, 0.5) is 0 Å². The number of ether oxygens (including phenoxy) is 3. The summed E-state index contributed by atoms with van der Waals surface area (Å²) >= 11 is 0. The number of carbonyl (C=O) groups is 2. The molecule has 2 aliphatic heterocycles. The van der Waals surface area contributed by atoms with Gasteiger partial charge in [0.1, 0.15) is 11.7 Å². The fraction of sp³-hybridized carbons (Fsp3) is 0.200. The van der Waals surface area contributed by atoms with Crippen LogP contribution in [0.5, 0.6) is 0 Å². The number of carbonyl (C=O) groups excluding carboxylic acids is 2. The number of fused-ring (bicyclic) bond motifs is 6. The highest BCUT2D eigenvalue weighted by molar-refractivity contribution is 6.05. The van der Waals surface area contributed by atoms with E-state index in [9.17, 15) is 9.59 Å². The molecule has 3 aromatic carbocycles. The van der Waals surface area contributed by atoms with Gasteiger partial charge in [0.15, 0.2) is 0 Å². The topological polar surface area (TPSA) is 61.8 Å². The van der Waals surface area contributed by atoms with Gasteiger partial charge in [0.05, 0.1) is 25.4 Å². The first-order valence-corrected chi connectivity index (χ1v) is 9.75. The summed E-state index contributed by atoms with van der Waals surface area (Å²) in [4.78, 5) is 25.7. The Kier molecular flexibility index (Phi) is 4.22. The quantitative estimate of drug-likeness (QED) is 0.620. The standard InChI is InChI=1S/C25H20O5/c1-28-23(26)20-21(24(27)29-2)25(14-15-8-4-3-5-9-15)19-13-17-11-7-6-10-16(17)12-18(19)22(20)30-25/h3-13,22H,14H2,1-2H3. The highest BCUT2D eigenvalue weighted by atomic mass is 16.6. The van der Waals surface area contributed by atoms with E-state index in [1.165, 1.54) is 14.2 Å². The molecular formula is C25H20O5. The lowest BCUT2D eigenvalue weighted by Gasteiger charge is -2.30. The molecule has 2 unspecified atom stereocenters. The summed E-state index contributed by atoms with van der Waals surface area (Å²) in [6, 6.07) is 21.9. The van der Waals surface area contributed by atoms with Gasteiger partial charge in [-0.2, -0.15) is 0 Å². The molecule has 30 heavy (non-hydrogen) atoms. The summed E-state index contributed by atoms with van der Waals surface area (Å²) in [6.45, 7) is 0. The Labute approximate surface area is 173 Å². The summed E-state index contributed by atoms with van der Waals surface area (Å²) in [6.07, 6.45) is -0.268. The second-order valence-electron chi connectivity index (χ2n) is 7.55. The van der Waals surface area contributed by atoms with Gasteiger partial charge in [0.2, 0.25) is 0 Å². The molecule has 0 saturated heterocycles. The molecule has 2 atom stereocenters. The Morgan fingerprint density at radius 3 is 2.20 bits per heavy atom. The third-order valence-electron chi connectivity index (χ3n) is 5.98. The average molecular weight is 400 g/mol. The number of esters is 2. The maximum absolute atomic E-state index is 12.9. The molecule has 5 heteroatoms. The Bertz CT molecular complexity index is 1210. The molecule has 0 aromatic heterocycles. The molecule has 3 aromatic rings. The van der Waals surface area contributed by atoms with Crippen molar-refractivity contribution >= 4 is 22.7 Å². The fourth-order valence-electron chi connectivity index (χ4n) is 4.71. The zero-order chi connectivity index (χ0) is 20.9. The van der Waals surface area contributed by atoms with Gasteiger partial charge in [-0.3, -0.25) is 0 Å². The Balaban J connectivity index is 1.80. The van der Waals surface area contributed by atoms with Crippen molar-refractivity contribution in [1.82, 2.24) is 0 Å². The minimum Gasteiger partial charge on any atom is -0.466 e. The molecular weight excluding hydrogens is 380 g/mol. The van der Waals surface area contributed by atoms with Gasteiger partial charge < -0.3 is 14.2 Å². The fourth-order valence-corrected chi connectivity index (χ4v) is 4.71. The Morgan fingerprint density at radius 2 is 1.53 bits per heavy atom.